The Labute approximate surface area is 118 Å². The van der Waals surface area contributed by atoms with Crippen LogP contribution in [-0.4, -0.2) is 6.04 Å². The average molecular weight is 273 g/mol. The third-order valence-electron chi connectivity index (χ3n) is 3.71. The van der Waals surface area contributed by atoms with Gasteiger partial charge in [0.2, 0.25) is 0 Å². The molecule has 1 heterocycles. The number of nitrogens with two attached hydrogens (primary N) is 1. The molecule has 1 unspecified atom stereocenters. The Balaban J connectivity index is 2.07. The summed E-state index contributed by atoms with van der Waals surface area (Å²) in [6.45, 7) is 2.75. The fraction of sp³-hybridized carbons (Fsp3) is 0.250. The quantitative estimate of drug-likeness (QED) is 0.899. The van der Waals surface area contributed by atoms with Crippen molar-refractivity contribution in [2.75, 3.05) is 4.90 Å². The number of hydrogen-bond donors (Lipinski definition) is 1. The normalized spacial score (nSPS) is 17.6. The Kier molecular flexibility index (Phi) is 3.21. The van der Waals surface area contributed by atoms with Crippen molar-refractivity contribution in [2.45, 2.75) is 25.9 Å². The zero-order chi connectivity index (χ0) is 13.4. The molecule has 0 aliphatic carbocycles. The number of hydrogen-bond acceptors (Lipinski definition) is 2. The standard InChI is InChI=1S/C16H17ClN2/c1-11-8-13-4-2-3-5-15(13)19(11)16-7-6-12(10-18)9-14(16)17/h2-7,9,11H,8,10,18H2,1H3. The van der Waals surface area contributed by atoms with E-state index in [2.05, 4.69) is 48.2 Å². The lowest BCUT2D eigenvalue weighted by Crippen LogP contribution is -2.24. The molecule has 3 heteroatoms. The number of para-hydroxylation sites is 1. The van der Waals surface area contributed by atoms with E-state index in [9.17, 15) is 0 Å². The van der Waals surface area contributed by atoms with E-state index in [1.807, 2.05) is 6.07 Å². The van der Waals surface area contributed by atoms with Gasteiger partial charge in [-0.25, -0.2) is 0 Å². The van der Waals surface area contributed by atoms with Crippen molar-refractivity contribution >= 4 is 23.0 Å². The second kappa shape index (κ2) is 4.87. The number of anilines is 2. The number of nitrogens with zero attached hydrogens (tertiary/aromatic N) is 1. The van der Waals surface area contributed by atoms with E-state index in [1.165, 1.54) is 11.3 Å². The molecule has 0 bridgehead atoms. The lowest BCUT2D eigenvalue weighted by Gasteiger charge is -2.26. The van der Waals surface area contributed by atoms with Crippen molar-refractivity contribution in [3.63, 3.8) is 0 Å². The van der Waals surface area contributed by atoms with Crippen LogP contribution in [-0.2, 0) is 13.0 Å². The first-order valence-corrected chi connectivity index (χ1v) is 6.94. The summed E-state index contributed by atoms with van der Waals surface area (Å²) >= 11 is 6.42. The molecular formula is C16H17ClN2. The van der Waals surface area contributed by atoms with Gasteiger partial charge in [-0.1, -0.05) is 35.9 Å². The Hall–Kier alpha value is -1.51. The SMILES string of the molecule is CC1Cc2ccccc2N1c1ccc(CN)cc1Cl. The highest BCUT2D eigenvalue weighted by molar-refractivity contribution is 6.33. The predicted octanol–water partition coefficient (Wildman–Crippen LogP) is 3.88. The molecule has 0 spiro atoms. The predicted molar refractivity (Wildman–Crippen MR) is 81.1 cm³/mol. The molecular weight excluding hydrogens is 256 g/mol. The fourth-order valence-electron chi connectivity index (χ4n) is 2.81. The lowest BCUT2D eigenvalue weighted by atomic mass is 10.1. The maximum Gasteiger partial charge on any atom is 0.0646 e. The molecule has 0 saturated heterocycles. The third kappa shape index (κ3) is 2.11. The number of halogens is 1. The Morgan fingerprint density at radius 3 is 2.74 bits per heavy atom. The van der Waals surface area contributed by atoms with Crippen molar-refractivity contribution in [2.24, 2.45) is 5.73 Å². The monoisotopic (exact) mass is 272 g/mol. The van der Waals surface area contributed by atoms with E-state index < -0.39 is 0 Å². The van der Waals surface area contributed by atoms with Crippen LogP contribution in [0.15, 0.2) is 42.5 Å². The lowest BCUT2D eigenvalue weighted by molar-refractivity contribution is 0.759. The van der Waals surface area contributed by atoms with E-state index in [-0.39, 0.29) is 0 Å². The van der Waals surface area contributed by atoms with Gasteiger partial charge in [-0.05, 0) is 42.7 Å². The summed E-state index contributed by atoms with van der Waals surface area (Å²) in [7, 11) is 0. The van der Waals surface area contributed by atoms with Crippen LogP contribution in [0.3, 0.4) is 0 Å². The molecule has 2 aromatic rings. The molecule has 2 nitrogen and oxygen atoms in total. The molecule has 0 fully saturated rings. The maximum atomic E-state index is 6.42. The van der Waals surface area contributed by atoms with Crippen LogP contribution < -0.4 is 10.6 Å². The summed E-state index contributed by atoms with van der Waals surface area (Å²) in [6.07, 6.45) is 1.06. The molecule has 2 N–H and O–H groups in total. The third-order valence-corrected chi connectivity index (χ3v) is 4.02. The molecule has 98 valence electrons. The van der Waals surface area contributed by atoms with Crippen LogP contribution in [0.4, 0.5) is 11.4 Å². The van der Waals surface area contributed by atoms with Gasteiger partial charge in [0.05, 0.1) is 10.7 Å². The second-order valence-corrected chi connectivity index (χ2v) is 5.45. The minimum absolute atomic E-state index is 0.429. The number of fused-ring (bicyclic) bond motifs is 1. The first kappa shape index (κ1) is 12.5. The van der Waals surface area contributed by atoms with Crippen LogP contribution in [0.1, 0.15) is 18.1 Å². The van der Waals surface area contributed by atoms with Crippen molar-refractivity contribution in [3.05, 3.63) is 58.6 Å². The highest BCUT2D eigenvalue weighted by atomic mass is 35.5. The van der Waals surface area contributed by atoms with Crippen molar-refractivity contribution < 1.29 is 0 Å². The van der Waals surface area contributed by atoms with Crippen molar-refractivity contribution in [1.29, 1.82) is 0 Å². The molecule has 0 aromatic heterocycles. The highest BCUT2D eigenvalue weighted by Gasteiger charge is 2.27. The summed E-state index contributed by atoms with van der Waals surface area (Å²) in [6, 6.07) is 15.0. The maximum absolute atomic E-state index is 6.42. The highest BCUT2D eigenvalue weighted by Crippen LogP contribution is 2.41. The number of rotatable bonds is 2. The Bertz CT molecular complexity index is 609. The second-order valence-electron chi connectivity index (χ2n) is 5.04. The van der Waals surface area contributed by atoms with Crippen LogP contribution >= 0.6 is 11.6 Å². The smallest absolute Gasteiger partial charge is 0.0646 e. The molecule has 0 amide bonds. The summed E-state index contributed by atoms with van der Waals surface area (Å²) < 4.78 is 0. The van der Waals surface area contributed by atoms with Gasteiger partial charge in [-0.15, -0.1) is 0 Å². The van der Waals surface area contributed by atoms with E-state index >= 15 is 0 Å². The van der Waals surface area contributed by atoms with E-state index in [4.69, 9.17) is 17.3 Å². The molecule has 1 atom stereocenters. The van der Waals surface area contributed by atoms with E-state index in [0.29, 0.717) is 12.6 Å². The average Bonchev–Trinajstić information content (AvgIpc) is 2.75. The molecule has 2 aromatic carbocycles. The van der Waals surface area contributed by atoms with Crippen molar-refractivity contribution in [1.82, 2.24) is 0 Å². The summed E-state index contributed by atoms with van der Waals surface area (Å²) in [5.74, 6) is 0. The first-order chi connectivity index (χ1) is 9.20. The topological polar surface area (TPSA) is 29.3 Å². The summed E-state index contributed by atoms with van der Waals surface area (Å²) in [5.41, 5.74) is 10.4. The van der Waals surface area contributed by atoms with Gasteiger partial charge in [0.15, 0.2) is 0 Å². The molecule has 3 rings (SSSR count). The first-order valence-electron chi connectivity index (χ1n) is 6.56. The van der Waals surface area contributed by atoms with Gasteiger partial charge in [-0.3, -0.25) is 0 Å². The zero-order valence-corrected chi connectivity index (χ0v) is 11.7. The van der Waals surface area contributed by atoms with Gasteiger partial charge in [-0.2, -0.15) is 0 Å². The molecule has 0 saturated carbocycles. The van der Waals surface area contributed by atoms with Crippen molar-refractivity contribution in [3.8, 4) is 0 Å². The van der Waals surface area contributed by atoms with Gasteiger partial charge < -0.3 is 10.6 Å². The van der Waals surface area contributed by atoms with E-state index in [0.717, 1.165) is 22.7 Å². The minimum Gasteiger partial charge on any atom is -0.337 e. The Morgan fingerprint density at radius 2 is 2.00 bits per heavy atom. The molecule has 1 aliphatic heterocycles. The molecule has 19 heavy (non-hydrogen) atoms. The van der Waals surface area contributed by atoms with Crippen LogP contribution in [0, 0.1) is 0 Å². The van der Waals surface area contributed by atoms with Gasteiger partial charge >= 0.3 is 0 Å². The summed E-state index contributed by atoms with van der Waals surface area (Å²) in [5, 5.41) is 0.770. The van der Waals surface area contributed by atoms with Crippen LogP contribution in [0.2, 0.25) is 5.02 Å². The van der Waals surface area contributed by atoms with Gasteiger partial charge in [0.1, 0.15) is 0 Å². The minimum atomic E-state index is 0.429. The van der Waals surface area contributed by atoms with Gasteiger partial charge in [0.25, 0.3) is 0 Å². The van der Waals surface area contributed by atoms with Crippen LogP contribution in [0.5, 0.6) is 0 Å². The summed E-state index contributed by atoms with van der Waals surface area (Å²) in [4.78, 5) is 2.32. The fourth-order valence-corrected chi connectivity index (χ4v) is 3.10. The molecule has 0 radical (unpaired) electrons. The van der Waals surface area contributed by atoms with Gasteiger partial charge in [0, 0.05) is 18.3 Å². The molecule has 1 aliphatic rings. The van der Waals surface area contributed by atoms with Crippen LogP contribution in [0.25, 0.3) is 0 Å². The zero-order valence-electron chi connectivity index (χ0n) is 10.9. The largest absolute Gasteiger partial charge is 0.337 e. The number of benzene rings is 2. The van der Waals surface area contributed by atoms with E-state index in [1.54, 1.807) is 0 Å². The Morgan fingerprint density at radius 1 is 1.21 bits per heavy atom.